The zero-order chi connectivity index (χ0) is 23.3. The van der Waals surface area contributed by atoms with Crippen LogP contribution in [0.1, 0.15) is 12.5 Å². The fourth-order valence-electron chi connectivity index (χ4n) is 2.36. The van der Waals surface area contributed by atoms with Crippen molar-refractivity contribution < 1.29 is 32.2 Å². The fourth-order valence-corrected chi connectivity index (χ4v) is 4.00. The van der Waals surface area contributed by atoms with E-state index in [4.69, 9.17) is 27.9 Å². The lowest BCUT2D eigenvalue weighted by Crippen LogP contribution is -2.48. The summed E-state index contributed by atoms with van der Waals surface area (Å²) in [6.07, 6.45) is -1.50. The molecule has 2 unspecified atom stereocenters. The first kappa shape index (κ1) is 25.0. The van der Waals surface area contributed by atoms with Gasteiger partial charge in [-0.25, -0.2) is 12.8 Å². The number of nitrogens with one attached hydrogen (secondary N) is 2. The number of amides is 1. The Kier molecular flexibility index (Phi) is 8.38. The number of aliphatic hydroxyl groups is 1. The van der Waals surface area contributed by atoms with Crippen molar-refractivity contribution >= 4 is 50.8 Å². The average molecular weight is 493 g/mol. The number of ether oxygens (including phenoxy) is 1. The van der Waals surface area contributed by atoms with Gasteiger partial charge in [-0.05, 0) is 49.7 Å². The number of sulfonamides is 1. The van der Waals surface area contributed by atoms with Gasteiger partial charge in [0.25, 0.3) is 5.91 Å². The summed E-state index contributed by atoms with van der Waals surface area (Å²) in [6, 6.07) is 5.89. The first-order valence-corrected chi connectivity index (χ1v) is 11.0. The molecule has 2 rings (SSSR count). The molecule has 0 radical (unpaired) electrons. The van der Waals surface area contributed by atoms with Gasteiger partial charge in [0, 0.05) is 0 Å². The van der Waals surface area contributed by atoms with E-state index < -0.39 is 46.5 Å². The number of aryl methyl sites for hydroxylation is 1. The second-order valence-electron chi connectivity index (χ2n) is 6.55. The molecule has 31 heavy (non-hydrogen) atoms. The highest BCUT2D eigenvalue weighted by Gasteiger charge is 2.31. The topological polar surface area (TPSA) is 122 Å². The number of rotatable bonds is 8. The Balaban J connectivity index is 2.04. The molecule has 0 fully saturated rings. The van der Waals surface area contributed by atoms with Gasteiger partial charge < -0.3 is 15.2 Å². The summed E-state index contributed by atoms with van der Waals surface area (Å²) in [5, 5.41) is 12.2. The van der Waals surface area contributed by atoms with Gasteiger partial charge in [-0.2, -0.15) is 4.72 Å². The molecule has 0 aliphatic heterocycles. The maximum atomic E-state index is 13.8. The third-order valence-electron chi connectivity index (χ3n) is 3.96. The van der Waals surface area contributed by atoms with Crippen molar-refractivity contribution in [1.29, 1.82) is 0 Å². The van der Waals surface area contributed by atoms with Gasteiger partial charge in [-0.15, -0.1) is 0 Å². The number of halogens is 3. The minimum Gasteiger partial charge on any atom is -0.454 e. The molecule has 0 aliphatic rings. The van der Waals surface area contributed by atoms with E-state index in [1.54, 1.807) is 13.0 Å². The molecule has 12 heteroatoms. The van der Waals surface area contributed by atoms with Crippen LogP contribution in [-0.2, 0) is 24.3 Å². The molecular weight excluding hydrogens is 474 g/mol. The monoisotopic (exact) mass is 492 g/mol. The van der Waals surface area contributed by atoms with Crippen molar-refractivity contribution in [2.45, 2.75) is 30.9 Å². The summed E-state index contributed by atoms with van der Waals surface area (Å²) in [6.45, 7) is 2.00. The van der Waals surface area contributed by atoms with Gasteiger partial charge in [0.05, 0.1) is 26.7 Å². The zero-order valence-electron chi connectivity index (χ0n) is 16.4. The molecule has 2 aromatic carbocycles. The molecular formula is C19H19Cl2FN2O6S. The van der Waals surface area contributed by atoms with Crippen LogP contribution >= 0.6 is 23.2 Å². The Bertz CT molecular complexity index is 1090. The SMILES string of the molecule is Cc1ccc(NC(=O)COC(=O)C(NS(=O)(=O)c2ccc(Cl)c(Cl)c2)C(C)O)c(F)c1. The zero-order valence-corrected chi connectivity index (χ0v) is 18.7. The highest BCUT2D eigenvalue weighted by molar-refractivity contribution is 7.89. The van der Waals surface area contributed by atoms with E-state index in [9.17, 15) is 27.5 Å². The first-order valence-electron chi connectivity index (χ1n) is 8.79. The Hall–Kier alpha value is -2.24. The van der Waals surface area contributed by atoms with Crippen LogP contribution in [0.3, 0.4) is 0 Å². The van der Waals surface area contributed by atoms with E-state index in [1.807, 2.05) is 4.72 Å². The molecule has 8 nitrogen and oxygen atoms in total. The molecule has 168 valence electrons. The number of esters is 1. The Morgan fingerprint density at radius 1 is 1.16 bits per heavy atom. The molecule has 0 aliphatic carbocycles. The van der Waals surface area contributed by atoms with Gasteiger partial charge in [0.2, 0.25) is 10.0 Å². The molecule has 0 saturated heterocycles. The number of hydrogen-bond donors (Lipinski definition) is 3. The smallest absolute Gasteiger partial charge is 0.327 e. The van der Waals surface area contributed by atoms with E-state index in [0.29, 0.717) is 5.56 Å². The van der Waals surface area contributed by atoms with Crippen molar-refractivity contribution in [3.8, 4) is 0 Å². The van der Waals surface area contributed by atoms with Crippen molar-refractivity contribution in [2.24, 2.45) is 0 Å². The standard InChI is InChI=1S/C19H19Cl2FN2O6S/c1-10-3-6-16(15(22)7-10)23-17(26)9-30-19(27)18(11(2)25)24-31(28,29)12-4-5-13(20)14(21)8-12/h3-8,11,18,24-25H,9H2,1-2H3,(H,23,26). The quantitative estimate of drug-likeness (QED) is 0.487. The van der Waals surface area contributed by atoms with Gasteiger partial charge in [-0.3, -0.25) is 9.59 Å². The lowest BCUT2D eigenvalue weighted by atomic mass is 10.2. The van der Waals surface area contributed by atoms with Crippen molar-refractivity contribution in [1.82, 2.24) is 4.72 Å². The molecule has 0 aromatic heterocycles. The lowest BCUT2D eigenvalue weighted by molar-refractivity contribution is -0.151. The van der Waals surface area contributed by atoms with E-state index in [1.165, 1.54) is 18.2 Å². The van der Waals surface area contributed by atoms with Crippen LogP contribution in [0, 0.1) is 12.7 Å². The van der Waals surface area contributed by atoms with Crippen molar-refractivity contribution in [3.63, 3.8) is 0 Å². The molecule has 0 saturated carbocycles. The molecule has 0 heterocycles. The summed E-state index contributed by atoms with van der Waals surface area (Å²) < 4.78 is 45.6. The predicted molar refractivity (Wildman–Crippen MR) is 113 cm³/mol. The van der Waals surface area contributed by atoms with Gasteiger partial charge in [-0.1, -0.05) is 29.3 Å². The van der Waals surface area contributed by atoms with E-state index in [-0.39, 0.29) is 20.6 Å². The fraction of sp³-hybridized carbons (Fsp3) is 0.263. The van der Waals surface area contributed by atoms with Crippen LogP contribution in [0.2, 0.25) is 10.0 Å². The Morgan fingerprint density at radius 2 is 1.84 bits per heavy atom. The molecule has 3 N–H and O–H groups in total. The lowest BCUT2D eigenvalue weighted by Gasteiger charge is -2.20. The third kappa shape index (κ3) is 6.88. The van der Waals surface area contributed by atoms with Crippen LogP contribution in [0.4, 0.5) is 10.1 Å². The van der Waals surface area contributed by atoms with Gasteiger partial charge >= 0.3 is 5.97 Å². The van der Waals surface area contributed by atoms with E-state index in [0.717, 1.165) is 19.1 Å². The van der Waals surface area contributed by atoms with E-state index in [2.05, 4.69) is 5.32 Å². The van der Waals surface area contributed by atoms with Crippen LogP contribution in [-0.4, -0.2) is 44.2 Å². The summed E-state index contributed by atoms with van der Waals surface area (Å²) in [7, 11) is -4.29. The Labute approximate surface area is 188 Å². The summed E-state index contributed by atoms with van der Waals surface area (Å²) in [5.41, 5.74) is 0.537. The van der Waals surface area contributed by atoms with Crippen LogP contribution < -0.4 is 10.0 Å². The van der Waals surface area contributed by atoms with Crippen molar-refractivity contribution in [3.05, 3.63) is 57.8 Å². The minimum atomic E-state index is -4.29. The third-order valence-corrected chi connectivity index (χ3v) is 6.14. The van der Waals surface area contributed by atoms with Crippen molar-refractivity contribution in [2.75, 3.05) is 11.9 Å². The number of anilines is 1. The largest absolute Gasteiger partial charge is 0.454 e. The summed E-state index contributed by atoms with van der Waals surface area (Å²) in [4.78, 5) is 23.9. The maximum Gasteiger partial charge on any atom is 0.327 e. The minimum absolute atomic E-state index is 0.0271. The molecule has 1 amide bonds. The molecule has 0 bridgehead atoms. The van der Waals surface area contributed by atoms with Crippen LogP contribution in [0.15, 0.2) is 41.3 Å². The summed E-state index contributed by atoms with van der Waals surface area (Å²) in [5.74, 6) is -2.73. The Morgan fingerprint density at radius 3 is 2.42 bits per heavy atom. The molecule has 0 spiro atoms. The average Bonchev–Trinajstić information content (AvgIpc) is 2.68. The van der Waals surface area contributed by atoms with Gasteiger partial charge in [0.15, 0.2) is 6.61 Å². The maximum absolute atomic E-state index is 13.8. The highest BCUT2D eigenvalue weighted by Crippen LogP contribution is 2.25. The highest BCUT2D eigenvalue weighted by atomic mass is 35.5. The number of hydrogen-bond acceptors (Lipinski definition) is 6. The van der Waals surface area contributed by atoms with Gasteiger partial charge in [0.1, 0.15) is 11.9 Å². The van der Waals surface area contributed by atoms with Crippen LogP contribution in [0.25, 0.3) is 0 Å². The molecule has 2 aromatic rings. The normalized spacial score (nSPS) is 13.4. The second kappa shape index (κ2) is 10.4. The second-order valence-corrected chi connectivity index (χ2v) is 9.08. The molecule has 2 atom stereocenters. The number of carbonyl (C=O) groups excluding carboxylic acids is 2. The van der Waals surface area contributed by atoms with Crippen LogP contribution in [0.5, 0.6) is 0 Å². The number of aliphatic hydroxyl groups excluding tert-OH is 1. The van der Waals surface area contributed by atoms with E-state index >= 15 is 0 Å². The number of carbonyl (C=O) groups is 2. The summed E-state index contributed by atoms with van der Waals surface area (Å²) >= 11 is 11.6. The number of benzene rings is 2. The first-order chi connectivity index (χ1) is 14.4. The predicted octanol–water partition coefficient (Wildman–Crippen LogP) is 2.65.